The quantitative estimate of drug-likeness (QED) is 0.717. The van der Waals surface area contributed by atoms with Crippen LogP contribution in [0, 0.1) is 0 Å². The van der Waals surface area contributed by atoms with Crippen LogP contribution in [0.5, 0.6) is 0 Å². The monoisotopic (exact) mass is 191 g/mol. The van der Waals surface area contributed by atoms with Crippen molar-refractivity contribution in [3.63, 3.8) is 0 Å². The first kappa shape index (κ1) is 9.66. The van der Waals surface area contributed by atoms with Crippen molar-refractivity contribution in [2.24, 2.45) is 0 Å². The van der Waals surface area contributed by atoms with Crippen molar-refractivity contribution in [1.29, 1.82) is 0 Å². The highest BCUT2D eigenvalue weighted by Crippen LogP contribution is 2.30. The molecule has 14 heavy (non-hydrogen) atoms. The maximum Gasteiger partial charge on any atom is 0.0578 e. The molecule has 1 fully saturated rings. The molecule has 1 aromatic heterocycles. The van der Waals surface area contributed by atoms with E-state index in [1.165, 1.54) is 12.0 Å². The number of rotatable bonds is 2. The minimum atomic E-state index is 0.460. The van der Waals surface area contributed by atoms with Crippen molar-refractivity contribution < 1.29 is 4.74 Å². The second kappa shape index (κ2) is 4.56. The Morgan fingerprint density at radius 3 is 2.93 bits per heavy atom. The van der Waals surface area contributed by atoms with Gasteiger partial charge in [0.2, 0.25) is 0 Å². The molecular formula is C12H17NO. The van der Waals surface area contributed by atoms with E-state index in [9.17, 15) is 0 Å². The summed E-state index contributed by atoms with van der Waals surface area (Å²) in [5, 5.41) is 0. The number of pyridine rings is 1. The molecule has 2 rings (SSSR count). The number of aromatic nitrogens is 1. The summed E-state index contributed by atoms with van der Waals surface area (Å²) < 4.78 is 5.66. The van der Waals surface area contributed by atoms with E-state index in [0.717, 1.165) is 19.4 Å². The van der Waals surface area contributed by atoms with E-state index < -0.39 is 0 Å². The van der Waals surface area contributed by atoms with Crippen molar-refractivity contribution in [2.45, 2.75) is 38.2 Å². The molecule has 1 saturated heterocycles. The summed E-state index contributed by atoms with van der Waals surface area (Å²) in [5.74, 6) is 0.677. The third-order valence-electron chi connectivity index (χ3n) is 3.00. The van der Waals surface area contributed by atoms with Crippen molar-refractivity contribution >= 4 is 0 Å². The van der Waals surface area contributed by atoms with Crippen molar-refractivity contribution in [3.05, 3.63) is 30.1 Å². The smallest absolute Gasteiger partial charge is 0.0578 e. The van der Waals surface area contributed by atoms with Crippen LogP contribution in [-0.4, -0.2) is 17.7 Å². The number of nitrogens with zero attached hydrogens (tertiary/aromatic N) is 1. The van der Waals surface area contributed by atoms with Crippen molar-refractivity contribution in [3.8, 4) is 0 Å². The topological polar surface area (TPSA) is 22.1 Å². The minimum Gasteiger partial charge on any atom is -0.378 e. The van der Waals surface area contributed by atoms with Crippen LogP contribution < -0.4 is 0 Å². The first-order valence-electron chi connectivity index (χ1n) is 5.41. The Morgan fingerprint density at radius 1 is 1.43 bits per heavy atom. The lowest BCUT2D eigenvalue weighted by atomic mass is 9.88. The summed E-state index contributed by atoms with van der Waals surface area (Å²) >= 11 is 0. The molecule has 0 bridgehead atoms. The predicted octanol–water partition coefficient (Wildman–Crippen LogP) is 2.75. The Balaban J connectivity index is 2.04. The van der Waals surface area contributed by atoms with Crippen LogP contribution in [0.25, 0.3) is 0 Å². The van der Waals surface area contributed by atoms with Gasteiger partial charge in [0.15, 0.2) is 0 Å². The van der Waals surface area contributed by atoms with Gasteiger partial charge in [-0.05, 0) is 42.9 Å². The zero-order valence-electron chi connectivity index (χ0n) is 8.65. The lowest BCUT2D eigenvalue weighted by Crippen LogP contribution is -2.23. The zero-order chi connectivity index (χ0) is 9.80. The second-order valence-corrected chi connectivity index (χ2v) is 3.90. The molecule has 1 aromatic rings. The highest BCUT2D eigenvalue weighted by molar-refractivity contribution is 5.16. The maximum atomic E-state index is 5.66. The Kier molecular flexibility index (Phi) is 3.14. The predicted molar refractivity (Wildman–Crippen MR) is 56.2 cm³/mol. The average Bonchev–Trinajstić information content (AvgIpc) is 2.30. The second-order valence-electron chi connectivity index (χ2n) is 3.90. The van der Waals surface area contributed by atoms with Gasteiger partial charge in [0.25, 0.3) is 0 Å². The van der Waals surface area contributed by atoms with Crippen LogP contribution in [0.15, 0.2) is 24.5 Å². The Morgan fingerprint density at radius 2 is 2.21 bits per heavy atom. The molecule has 1 aliphatic rings. The summed E-state index contributed by atoms with van der Waals surface area (Å²) in [6.45, 7) is 3.10. The molecule has 0 amide bonds. The molecule has 2 heteroatoms. The summed E-state index contributed by atoms with van der Waals surface area (Å²) in [7, 11) is 0. The molecule has 2 atom stereocenters. The summed E-state index contributed by atoms with van der Waals surface area (Å²) in [5.41, 5.74) is 1.42. The number of hydrogen-bond acceptors (Lipinski definition) is 2. The van der Waals surface area contributed by atoms with Crippen LogP contribution >= 0.6 is 0 Å². The number of hydrogen-bond donors (Lipinski definition) is 0. The molecule has 0 aromatic carbocycles. The minimum absolute atomic E-state index is 0.460. The normalized spacial score (nSPS) is 27.5. The molecule has 0 unspecified atom stereocenters. The van der Waals surface area contributed by atoms with Gasteiger partial charge in [-0.15, -0.1) is 0 Å². The number of ether oxygens (including phenoxy) is 1. The van der Waals surface area contributed by atoms with Gasteiger partial charge in [-0.3, -0.25) is 4.98 Å². The van der Waals surface area contributed by atoms with Crippen molar-refractivity contribution in [1.82, 2.24) is 4.98 Å². The molecule has 0 aliphatic carbocycles. The fourth-order valence-electron chi connectivity index (χ4n) is 2.10. The van der Waals surface area contributed by atoms with Gasteiger partial charge in [-0.1, -0.05) is 6.92 Å². The lowest BCUT2D eigenvalue weighted by Gasteiger charge is -2.29. The molecular weight excluding hydrogens is 174 g/mol. The zero-order valence-corrected chi connectivity index (χ0v) is 8.65. The van der Waals surface area contributed by atoms with E-state index in [4.69, 9.17) is 4.74 Å². The van der Waals surface area contributed by atoms with Gasteiger partial charge in [-0.2, -0.15) is 0 Å². The fourth-order valence-corrected chi connectivity index (χ4v) is 2.10. The van der Waals surface area contributed by atoms with E-state index in [-0.39, 0.29) is 0 Å². The van der Waals surface area contributed by atoms with E-state index in [2.05, 4.69) is 24.0 Å². The van der Waals surface area contributed by atoms with Gasteiger partial charge in [-0.25, -0.2) is 0 Å². The van der Waals surface area contributed by atoms with Gasteiger partial charge in [0.05, 0.1) is 6.10 Å². The van der Waals surface area contributed by atoms with Crippen LogP contribution in [0.3, 0.4) is 0 Å². The van der Waals surface area contributed by atoms with Crippen molar-refractivity contribution in [2.75, 3.05) is 6.61 Å². The molecule has 2 nitrogen and oxygen atoms in total. The SMILES string of the molecule is CC[C@H]1C[C@@H](c2ccncc2)CCO1. The molecule has 0 saturated carbocycles. The largest absolute Gasteiger partial charge is 0.378 e. The standard InChI is InChI=1S/C12H17NO/c1-2-12-9-11(5-8-14-12)10-3-6-13-7-4-10/h3-4,6-7,11-12H,2,5,8-9H2,1H3/t11-,12-/m0/s1. The van der Waals surface area contributed by atoms with Gasteiger partial charge < -0.3 is 4.74 Å². The van der Waals surface area contributed by atoms with Gasteiger partial charge in [0, 0.05) is 19.0 Å². The van der Waals surface area contributed by atoms with E-state index in [0.29, 0.717) is 12.0 Å². The van der Waals surface area contributed by atoms with Crippen LogP contribution in [0.2, 0.25) is 0 Å². The summed E-state index contributed by atoms with van der Waals surface area (Å²) in [6.07, 6.45) is 7.67. The summed E-state index contributed by atoms with van der Waals surface area (Å²) in [6, 6.07) is 4.26. The molecule has 0 radical (unpaired) electrons. The molecule has 2 heterocycles. The lowest BCUT2D eigenvalue weighted by molar-refractivity contribution is 0.00484. The highest BCUT2D eigenvalue weighted by Gasteiger charge is 2.22. The third kappa shape index (κ3) is 2.13. The third-order valence-corrected chi connectivity index (χ3v) is 3.00. The summed E-state index contributed by atoms with van der Waals surface area (Å²) in [4.78, 5) is 4.05. The van der Waals surface area contributed by atoms with Crippen LogP contribution in [-0.2, 0) is 4.74 Å². The molecule has 0 spiro atoms. The maximum absolute atomic E-state index is 5.66. The molecule has 1 aliphatic heterocycles. The van der Waals surface area contributed by atoms with E-state index in [1.807, 2.05) is 12.4 Å². The molecule has 76 valence electrons. The van der Waals surface area contributed by atoms with Crippen LogP contribution in [0.4, 0.5) is 0 Å². The highest BCUT2D eigenvalue weighted by atomic mass is 16.5. The first-order chi connectivity index (χ1) is 6.90. The average molecular weight is 191 g/mol. The van der Waals surface area contributed by atoms with Gasteiger partial charge >= 0.3 is 0 Å². The fraction of sp³-hybridized carbons (Fsp3) is 0.583. The Labute approximate surface area is 85.3 Å². The van der Waals surface area contributed by atoms with Crippen LogP contribution in [0.1, 0.15) is 37.7 Å². The first-order valence-corrected chi connectivity index (χ1v) is 5.41. The Hall–Kier alpha value is -0.890. The van der Waals surface area contributed by atoms with E-state index >= 15 is 0 Å². The Bertz CT molecular complexity index is 273. The molecule has 0 N–H and O–H groups in total. The van der Waals surface area contributed by atoms with Gasteiger partial charge in [0.1, 0.15) is 0 Å². The van der Waals surface area contributed by atoms with E-state index in [1.54, 1.807) is 0 Å².